The molecule has 4 heteroatoms. The summed E-state index contributed by atoms with van der Waals surface area (Å²) in [6.07, 6.45) is -2.35. The molecule has 0 saturated heterocycles. The van der Waals surface area contributed by atoms with Crippen molar-refractivity contribution in [3.05, 3.63) is 6.43 Å². The van der Waals surface area contributed by atoms with Crippen LogP contribution in [0.1, 0.15) is 0 Å². The Hall–Kier alpha value is -0.670. The molecule has 0 aromatic heterocycles. The lowest BCUT2D eigenvalue weighted by atomic mass is 10.7. The minimum Gasteiger partial charge on any atom is -0.364 e. The van der Waals surface area contributed by atoms with Crippen LogP contribution in [0.5, 0.6) is 0 Å². The molecule has 1 amide bonds. The Kier molecular flexibility index (Phi) is 1.50. The molecule has 2 nitrogen and oxygen atoms in total. The van der Waals surface area contributed by atoms with Crippen molar-refractivity contribution in [3.63, 3.8) is 0 Å². The van der Waals surface area contributed by atoms with Crippen LogP contribution in [0.25, 0.3) is 0 Å². The van der Waals surface area contributed by atoms with Gasteiger partial charge in [-0.05, 0) is 0 Å². The third-order valence-corrected chi connectivity index (χ3v) is 0.186. The lowest BCUT2D eigenvalue weighted by Gasteiger charge is -1.79. The zero-order chi connectivity index (χ0) is 5.15. The van der Waals surface area contributed by atoms with E-state index >= 15 is 0 Å². The van der Waals surface area contributed by atoms with Gasteiger partial charge in [-0.15, -0.1) is 0 Å². The zero-order valence-electron chi connectivity index (χ0n) is 2.74. The first-order chi connectivity index (χ1) is 2.64. The molecule has 6 heavy (non-hydrogen) atoms. The van der Waals surface area contributed by atoms with Crippen LogP contribution < -0.4 is 5.73 Å². The SMILES string of the molecule is NC(=O)[C](F)F. The van der Waals surface area contributed by atoms with Gasteiger partial charge in [0, 0.05) is 0 Å². The summed E-state index contributed by atoms with van der Waals surface area (Å²) in [5.74, 6) is -1.66. The highest BCUT2D eigenvalue weighted by Crippen LogP contribution is 1.97. The summed E-state index contributed by atoms with van der Waals surface area (Å²) in [7, 11) is 0. The largest absolute Gasteiger partial charge is 0.395 e. The molecular formula is C2H2F2NO. The molecule has 0 rings (SSSR count). The van der Waals surface area contributed by atoms with E-state index in [1.807, 2.05) is 0 Å². The molecule has 0 heterocycles. The summed E-state index contributed by atoms with van der Waals surface area (Å²) in [6, 6.07) is 0. The lowest BCUT2D eigenvalue weighted by molar-refractivity contribution is -0.121. The number of rotatable bonds is 1. The van der Waals surface area contributed by atoms with Gasteiger partial charge in [0.05, 0.1) is 0 Å². The summed E-state index contributed by atoms with van der Waals surface area (Å²) in [5.41, 5.74) is 4.01. The quantitative estimate of drug-likeness (QED) is 0.484. The van der Waals surface area contributed by atoms with Crippen molar-refractivity contribution < 1.29 is 13.6 Å². The molecule has 35 valence electrons. The summed E-state index contributed by atoms with van der Waals surface area (Å²) in [4.78, 5) is 9.13. The van der Waals surface area contributed by atoms with Crippen LogP contribution in [0.4, 0.5) is 8.78 Å². The maximum Gasteiger partial charge on any atom is 0.395 e. The van der Waals surface area contributed by atoms with Crippen molar-refractivity contribution in [2.75, 3.05) is 0 Å². The van der Waals surface area contributed by atoms with Crippen molar-refractivity contribution in [1.82, 2.24) is 0 Å². The minimum absolute atomic E-state index is 1.66. The summed E-state index contributed by atoms with van der Waals surface area (Å²) in [6.45, 7) is 0. The van der Waals surface area contributed by atoms with E-state index in [0.29, 0.717) is 0 Å². The summed E-state index contributed by atoms with van der Waals surface area (Å²) >= 11 is 0. The maximum absolute atomic E-state index is 10.6. The lowest BCUT2D eigenvalue weighted by Crippen LogP contribution is -2.13. The van der Waals surface area contributed by atoms with Gasteiger partial charge in [0.25, 0.3) is 5.91 Å². The molecule has 0 aliphatic rings. The summed E-state index contributed by atoms with van der Waals surface area (Å²) < 4.78 is 21.2. The first kappa shape index (κ1) is 5.33. The van der Waals surface area contributed by atoms with Crippen molar-refractivity contribution >= 4 is 5.91 Å². The zero-order valence-corrected chi connectivity index (χ0v) is 2.74. The molecule has 0 fully saturated rings. The molecule has 0 saturated carbocycles. The topological polar surface area (TPSA) is 43.1 Å². The number of nitrogens with two attached hydrogens (primary N) is 1. The van der Waals surface area contributed by atoms with Crippen LogP contribution in [-0.4, -0.2) is 5.91 Å². The van der Waals surface area contributed by atoms with E-state index in [1.165, 1.54) is 0 Å². The van der Waals surface area contributed by atoms with Gasteiger partial charge in [-0.3, -0.25) is 4.79 Å². The van der Waals surface area contributed by atoms with Crippen molar-refractivity contribution in [1.29, 1.82) is 0 Å². The predicted octanol–water partition coefficient (Wildman–Crippen LogP) is -0.0998. The van der Waals surface area contributed by atoms with Crippen molar-refractivity contribution in [3.8, 4) is 0 Å². The second kappa shape index (κ2) is 1.69. The van der Waals surface area contributed by atoms with E-state index in [9.17, 15) is 8.78 Å². The Morgan fingerprint density at radius 3 is 1.67 bits per heavy atom. The average molecular weight is 94.0 g/mol. The van der Waals surface area contributed by atoms with Gasteiger partial charge in [0.1, 0.15) is 0 Å². The number of carbonyl (C=O) groups excluding carboxylic acids is 1. The van der Waals surface area contributed by atoms with Crippen LogP contribution in [0.2, 0.25) is 0 Å². The normalized spacial score (nSPS) is 9.17. The standard InChI is InChI=1S/C2H2F2NO/c3-1(4)2(5)6/h(H2,5,6). The van der Waals surface area contributed by atoms with Gasteiger partial charge in [0.2, 0.25) is 0 Å². The molecule has 0 aliphatic heterocycles. The van der Waals surface area contributed by atoms with E-state index in [4.69, 9.17) is 4.79 Å². The molecule has 0 unspecified atom stereocenters. The van der Waals surface area contributed by atoms with Gasteiger partial charge in [-0.1, -0.05) is 0 Å². The molecule has 0 atom stereocenters. The van der Waals surface area contributed by atoms with Crippen molar-refractivity contribution in [2.24, 2.45) is 5.73 Å². The van der Waals surface area contributed by atoms with Crippen molar-refractivity contribution in [2.45, 2.75) is 0 Å². The number of amides is 1. The Morgan fingerprint density at radius 1 is 1.50 bits per heavy atom. The number of halogens is 2. The van der Waals surface area contributed by atoms with Crippen LogP contribution in [0.15, 0.2) is 0 Å². The number of carbonyl (C=O) groups is 1. The molecule has 0 spiro atoms. The Balaban J connectivity index is 3.26. The van der Waals surface area contributed by atoms with Crippen LogP contribution in [0, 0.1) is 6.43 Å². The van der Waals surface area contributed by atoms with Gasteiger partial charge in [-0.2, -0.15) is 8.78 Å². The molecule has 0 aromatic rings. The molecule has 0 bridgehead atoms. The Morgan fingerprint density at radius 2 is 1.67 bits per heavy atom. The summed E-state index contributed by atoms with van der Waals surface area (Å²) in [5, 5.41) is 0. The smallest absolute Gasteiger partial charge is 0.364 e. The first-order valence-electron chi connectivity index (χ1n) is 1.12. The van der Waals surface area contributed by atoms with Gasteiger partial charge < -0.3 is 5.73 Å². The van der Waals surface area contributed by atoms with E-state index in [2.05, 4.69) is 5.73 Å². The highest BCUT2D eigenvalue weighted by Gasteiger charge is 2.11. The van der Waals surface area contributed by atoms with E-state index in [0.717, 1.165) is 0 Å². The molecule has 0 aliphatic carbocycles. The van der Waals surface area contributed by atoms with E-state index < -0.39 is 12.3 Å². The number of primary amides is 1. The third-order valence-electron chi connectivity index (χ3n) is 0.186. The molecular weight excluding hydrogens is 92.0 g/mol. The van der Waals surface area contributed by atoms with Crippen LogP contribution >= 0.6 is 0 Å². The van der Waals surface area contributed by atoms with Gasteiger partial charge in [-0.25, -0.2) is 0 Å². The fraction of sp³-hybridized carbons (Fsp3) is 0. The van der Waals surface area contributed by atoms with E-state index in [-0.39, 0.29) is 0 Å². The third kappa shape index (κ3) is 1.63. The fourth-order valence-electron chi connectivity index (χ4n) is 0. The predicted molar refractivity (Wildman–Crippen MR) is 14.7 cm³/mol. The van der Waals surface area contributed by atoms with Gasteiger partial charge >= 0.3 is 6.43 Å². The molecule has 1 radical (unpaired) electrons. The molecule has 0 aromatic carbocycles. The Bertz CT molecular complexity index is 62.6. The fourth-order valence-corrected chi connectivity index (χ4v) is 0. The second-order valence-electron chi connectivity index (χ2n) is 0.625. The second-order valence-corrected chi connectivity index (χ2v) is 0.625. The first-order valence-corrected chi connectivity index (χ1v) is 1.12. The minimum atomic E-state index is -2.35. The average Bonchev–Trinajstić information content (AvgIpc) is 1.36. The highest BCUT2D eigenvalue weighted by molar-refractivity contribution is 5.83. The highest BCUT2D eigenvalue weighted by atomic mass is 19.3. The molecule has 2 N–H and O–H groups in total. The monoisotopic (exact) mass is 94.0 g/mol. The number of hydrogen-bond donors (Lipinski definition) is 1. The maximum atomic E-state index is 10.6. The van der Waals surface area contributed by atoms with Crippen LogP contribution in [-0.2, 0) is 4.79 Å². The van der Waals surface area contributed by atoms with Gasteiger partial charge in [0.15, 0.2) is 0 Å². The van der Waals surface area contributed by atoms with Crippen LogP contribution in [0.3, 0.4) is 0 Å². The number of hydrogen-bond acceptors (Lipinski definition) is 1. The Labute approximate surface area is 32.9 Å². The van der Waals surface area contributed by atoms with E-state index in [1.54, 1.807) is 0 Å².